The smallest absolute Gasteiger partial charge is 0.324 e. The van der Waals surface area contributed by atoms with Gasteiger partial charge >= 0.3 is 11.9 Å². The Morgan fingerprint density at radius 3 is 1.95 bits per heavy atom. The Bertz CT molecular complexity index is 1350. The molecule has 5 heteroatoms. The summed E-state index contributed by atoms with van der Waals surface area (Å²) >= 11 is 0. The summed E-state index contributed by atoms with van der Waals surface area (Å²) in [5.41, 5.74) is 5.61. The van der Waals surface area contributed by atoms with Crippen molar-refractivity contribution in [1.29, 1.82) is 0 Å². The first-order chi connectivity index (χ1) is 18.5. The van der Waals surface area contributed by atoms with Crippen LogP contribution in [0.25, 0.3) is 11.1 Å². The average Bonchev–Trinajstić information content (AvgIpc) is 3.28. The van der Waals surface area contributed by atoms with Crippen molar-refractivity contribution in [3.05, 3.63) is 119 Å². The molecule has 38 heavy (non-hydrogen) atoms. The van der Waals surface area contributed by atoms with Crippen LogP contribution in [0.3, 0.4) is 0 Å². The molecular weight excluding hydrogens is 474 g/mol. The van der Waals surface area contributed by atoms with Crippen LogP contribution in [0.1, 0.15) is 36.5 Å². The second-order valence-electron chi connectivity index (χ2n) is 9.83. The van der Waals surface area contributed by atoms with Gasteiger partial charge in [0.15, 0.2) is 0 Å². The highest BCUT2D eigenvalue weighted by atomic mass is 16.5. The summed E-state index contributed by atoms with van der Waals surface area (Å²) in [4.78, 5) is 28.9. The van der Waals surface area contributed by atoms with Crippen LogP contribution in [0.5, 0.6) is 0 Å². The summed E-state index contributed by atoms with van der Waals surface area (Å²) < 4.78 is 10.6. The zero-order valence-corrected chi connectivity index (χ0v) is 22.1. The van der Waals surface area contributed by atoms with Gasteiger partial charge in [-0.2, -0.15) is 0 Å². The Labute approximate surface area is 224 Å². The van der Waals surface area contributed by atoms with E-state index >= 15 is 0 Å². The van der Waals surface area contributed by atoms with Gasteiger partial charge in [-0.15, -0.1) is 0 Å². The number of carbonyl (C=O) groups is 2. The third kappa shape index (κ3) is 4.17. The number of fused-ring (bicyclic) bond motifs is 3. The lowest BCUT2D eigenvalue weighted by atomic mass is 9.76. The fraction of sp³-hybridized carbons (Fsp3) is 0.273. The highest BCUT2D eigenvalue weighted by molar-refractivity contribution is 5.87. The SMILES string of the molecule is COC(=O)C(C)C(C(=O)OC)N(CC1=CCCC=C1)C1(c2ccccc2)c2ccccc2-c2ccccc21. The molecule has 0 bridgehead atoms. The van der Waals surface area contributed by atoms with Crippen LogP contribution in [0.2, 0.25) is 0 Å². The van der Waals surface area contributed by atoms with Crippen LogP contribution in [-0.2, 0) is 24.6 Å². The van der Waals surface area contributed by atoms with Crippen molar-refractivity contribution in [2.24, 2.45) is 5.92 Å². The highest BCUT2D eigenvalue weighted by Crippen LogP contribution is 2.55. The van der Waals surface area contributed by atoms with Crippen LogP contribution >= 0.6 is 0 Å². The monoisotopic (exact) mass is 507 g/mol. The van der Waals surface area contributed by atoms with E-state index in [2.05, 4.69) is 59.5 Å². The Kier molecular flexibility index (Phi) is 7.30. The maximum absolute atomic E-state index is 13.7. The molecule has 0 aromatic heterocycles. The summed E-state index contributed by atoms with van der Waals surface area (Å²) in [5.74, 6) is -1.71. The highest BCUT2D eigenvalue weighted by Gasteiger charge is 2.54. The third-order valence-electron chi connectivity index (χ3n) is 7.80. The number of methoxy groups -OCH3 is 2. The Morgan fingerprint density at radius 2 is 1.39 bits per heavy atom. The molecule has 0 N–H and O–H groups in total. The number of nitrogens with zero attached hydrogens (tertiary/aromatic N) is 1. The molecule has 5 rings (SSSR count). The van der Waals surface area contributed by atoms with Crippen molar-refractivity contribution < 1.29 is 19.1 Å². The van der Waals surface area contributed by atoms with Crippen LogP contribution in [0, 0.1) is 5.92 Å². The molecule has 0 saturated carbocycles. The van der Waals surface area contributed by atoms with Gasteiger partial charge in [0.25, 0.3) is 0 Å². The van der Waals surface area contributed by atoms with E-state index in [-0.39, 0.29) is 0 Å². The molecule has 0 heterocycles. The maximum Gasteiger partial charge on any atom is 0.324 e. The molecule has 194 valence electrons. The summed E-state index contributed by atoms with van der Waals surface area (Å²) in [7, 11) is 2.74. The molecule has 3 aromatic rings. The predicted molar refractivity (Wildman–Crippen MR) is 148 cm³/mol. The molecular formula is C33H33NO4. The van der Waals surface area contributed by atoms with Gasteiger partial charge in [-0.05, 0) is 53.2 Å². The number of carbonyl (C=O) groups excluding carboxylic acids is 2. The van der Waals surface area contributed by atoms with Crippen molar-refractivity contribution in [3.8, 4) is 11.1 Å². The van der Waals surface area contributed by atoms with Gasteiger partial charge in [0.2, 0.25) is 0 Å². The van der Waals surface area contributed by atoms with Gasteiger partial charge in [-0.3, -0.25) is 14.5 Å². The van der Waals surface area contributed by atoms with Crippen molar-refractivity contribution in [2.75, 3.05) is 20.8 Å². The van der Waals surface area contributed by atoms with Gasteiger partial charge in [-0.1, -0.05) is 97.1 Å². The fourth-order valence-corrected chi connectivity index (χ4v) is 6.12. The van der Waals surface area contributed by atoms with Gasteiger partial charge in [0, 0.05) is 6.54 Å². The topological polar surface area (TPSA) is 55.8 Å². The molecule has 2 atom stereocenters. The lowest BCUT2D eigenvalue weighted by molar-refractivity contribution is -0.160. The van der Waals surface area contributed by atoms with Crippen LogP contribution in [-0.4, -0.2) is 43.6 Å². The molecule has 0 radical (unpaired) electrons. The average molecular weight is 508 g/mol. The number of esters is 2. The van der Waals surface area contributed by atoms with Crippen molar-refractivity contribution >= 4 is 11.9 Å². The number of hydrogen-bond donors (Lipinski definition) is 0. The number of allylic oxidation sites excluding steroid dienone is 2. The Hall–Kier alpha value is -3.96. The molecule has 0 spiro atoms. The van der Waals surface area contributed by atoms with Crippen LogP contribution in [0.4, 0.5) is 0 Å². The number of hydrogen-bond acceptors (Lipinski definition) is 5. The van der Waals surface area contributed by atoms with E-state index < -0.39 is 29.4 Å². The first kappa shape index (κ1) is 25.7. The van der Waals surface area contributed by atoms with Crippen molar-refractivity contribution in [3.63, 3.8) is 0 Å². The number of benzene rings is 3. The first-order valence-electron chi connectivity index (χ1n) is 13.1. The zero-order valence-electron chi connectivity index (χ0n) is 22.1. The molecule has 3 aromatic carbocycles. The van der Waals surface area contributed by atoms with Crippen LogP contribution < -0.4 is 0 Å². The van der Waals surface area contributed by atoms with Crippen molar-refractivity contribution in [1.82, 2.24) is 4.90 Å². The quantitative estimate of drug-likeness (QED) is 0.356. The molecule has 2 aliphatic carbocycles. The Balaban J connectivity index is 1.87. The number of rotatable bonds is 8. The van der Waals surface area contributed by atoms with E-state index in [1.807, 2.05) is 42.5 Å². The van der Waals surface area contributed by atoms with E-state index in [4.69, 9.17) is 9.47 Å². The van der Waals surface area contributed by atoms with Gasteiger partial charge in [0.1, 0.15) is 6.04 Å². The summed E-state index contributed by atoms with van der Waals surface area (Å²) in [6.45, 7) is 2.19. The molecule has 5 nitrogen and oxygen atoms in total. The summed E-state index contributed by atoms with van der Waals surface area (Å²) in [6, 6.07) is 26.0. The van der Waals surface area contributed by atoms with E-state index in [1.54, 1.807) is 6.92 Å². The Morgan fingerprint density at radius 1 is 0.816 bits per heavy atom. The fourth-order valence-electron chi connectivity index (χ4n) is 6.12. The zero-order chi connectivity index (χ0) is 26.7. The van der Waals surface area contributed by atoms with Crippen molar-refractivity contribution in [2.45, 2.75) is 31.3 Å². The minimum Gasteiger partial charge on any atom is -0.469 e. The molecule has 0 amide bonds. The standard InChI is InChI=1S/C33H33NO4/c1-23(31(35)37-2)30(32(36)38-3)34(22-24-14-6-4-7-15-24)33(25-16-8-5-9-17-25)28-20-12-10-18-26(28)27-19-11-13-21-29(27)33/h5-6,8-21,23,30H,4,7,22H2,1-3H3. The lowest BCUT2D eigenvalue weighted by Crippen LogP contribution is -2.59. The molecule has 0 saturated heterocycles. The van der Waals surface area contributed by atoms with Gasteiger partial charge in [0.05, 0.1) is 25.7 Å². The number of ether oxygens (including phenoxy) is 2. The maximum atomic E-state index is 13.7. The van der Waals surface area contributed by atoms with Gasteiger partial charge in [-0.25, -0.2) is 0 Å². The van der Waals surface area contributed by atoms with E-state index in [9.17, 15) is 9.59 Å². The largest absolute Gasteiger partial charge is 0.469 e. The summed E-state index contributed by atoms with van der Waals surface area (Å²) in [6.07, 6.45) is 8.42. The third-order valence-corrected chi connectivity index (χ3v) is 7.80. The lowest BCUT2D eigenvalue weighted by Gasteiger charge is -2.48. The van der Waals surface area contributed by atoms with Gasteiger partial charge < -0.3 is 9.47 Å². The minimum atomic E-state index is -0.914. The second kappa shape index (κ2) is 10.8. The first-order valence-corrected chi connectivity index (χ1v) is 13.1. The molecule has 0 aliphatic heterocycles. The molecule has 0 fully saturated rings. The summed E-state index contributed by atoms with van der Waals surface area (Å²) in [5, 5.41) is 0. The normalized spacial score (nSPS) is 16.7. The predicted octanol–water partition coefficient (Wildman–Crippen LogP) is 5.89. The minimum absolute atomic E-state index is 0.440. The van der Waals surface area contributed by atoms with Crippen LogP contribution in [0.15, 0.2) is 103 Å². The molecule has 2 unspecified atom stereocenters. The van der Waals surface area contributed by atoms with E-state index in [1.165, 1.54) is 14.2 Å². The second-order valence-corrected chi connectivity index (χ2v) is 9.83. The van der Waals surface area contributed by atoms with E-state index in [0.29, 0.717) is 6.54 Å². The van der Waals surface area contributed by atoms with E-state index in [0.717, 1.165) is 46.2 Å². The molecule has 2 aliphatic rings.